The normalized spacial score (nSPS) is 18.5. The fraction of sp³-hybridized carbons (Fsp3) is 0.500. The number of hydrogen-bond donors (Lipinski definition) is 2. The van der Waals surface area contributed by atoms with Gasteiger partial charge < -0.3 is 10.2 Å². The Morgan fingerprint density at radius 2 is 2.25 bits per heavy atom. The van der Waals surface area contributed by atoms with Crippen molar-refractivity contribution in [3.8, 4) is 0 Å². The van der Waals surface area contributed by atoms with Crippen molar-refractivity contribution in [1.82, 2.24) is 15.2 Å². The molecule has 6 nitrogen and oxygen atoms in total. The van der Waals surface area contributed by atoms with Crippen LogP contribution in [0.25, 0.3) is 0 Å². The van der Waals surface area contributed by atoms with E-state index >= 15 is 0 Å². The molecule has 2 heterocycles. The summed E-state index contributed by atoms with van der Waals surface area (Å²) >= 11 is 0. The standard InChI is InChI=1S/C14H20N4O2/c1-9(2)18-8-11(7-13(18)19)16-14(20)17-12-6-10(3)4-5-15-12/h4-6,9,11H,7-8H2,1-3H3,(H2,15,16,17,20). The molecule has 2 rings (SSSR count). The van der Waals surface area contributed by atoms with Crippen molar-refractivity contribution in [2.45, 2.75) is 39.3 Å². The molecule has 1 aliphatic heterocycles. The van der Waals surface area contributed by atoms with Crippen LogP contribution in [0.3, 0.4) is 0 Å². The van der Waals surface area contributed by atoms with Crippen molar-refractivity contribution in [3.05, 3.63) is 23.9 Å². The van der Waals surface area contributed by atoms with Crippen LogP contribution >= 0.6 is 0 Å². The fourth-order valence-corrected chi connectivity index (χ4v) is 2.27. The number of anilines is 1. The molecule has 1 saturated heterocycles. The third kappa shape index (κ3) is 3.46. The molecule has 1 aromatic heterocycles. The van der Waals surface area contributed by atoms with Crippen LogP contribution in [0.5, 0.6) is 0 Å². The van der Waals surface area contributed by atoms with Gasteiger partial charge in [-0.2, -0.15) is 0 Å². The summed E-state index contributed by atoms with van der Waals surface area (Å²) in [5.41, 5.74) is 1.03. The van der Waals surface area contributed by atoms with Gasteiger partial charge in [-0.05, 0) is 38.5 Å². The Hall–Kier alpha value is -2.11. The maximum atomic E-state index is 11.9. The second-order valence-electron chi connectivity index (χ2n) is 5.36. The van der Waals surface area contributed by atoms with Crippen LogP contribution in [-0.4, -0.2) is 40.5 Å². The van der Waals surface area contributed by atoms with Crippen LogP contribution in [0.4, 0.5) is 10.6 Å². The van der Waals surface area contributed by atoms with Gasteiger partial charge in [0, 0.05) is 25.2 Å². The first kappa shape index (κ1) is 14.3. The lowest BCUT2D eigenvalue weighted by atomic mass is 10.2. The zero-order valence-electron chi connectivity index (χ0n) is 12.0. The smallest absolute Gasteiger partial charge is 0.320 e. The number of carbonyl (C=O) groups excluding carboxylic acids is 2. The quantitative estimate of drug-likeness (QED) is 0.879. The minimum absolute atomic E-state index is 0.0824. The van der Waals surface area contributed by atoms with E-state index in [1.807, 2.05) is 26.8 Å². The zero-order chi connectivity index (χ0) is 14.7. The monoisotopic (exact) mass is 276 g/mol. The lowest BCUT2D eigenvalue weighted by molar-refractivity contribution is -0.129. The first-order chi connectivity index (χ1) is 9.45. The highest BCUT2D eigenvalue weighted by atomic mass is 16.2. The molecule has 0 radical (unpaired) electrons. The third-order valence-electron chi connectivity index (χ3n) is 3.27. The van der Waals surface area contributed by atoms with Gasteiger partial charge in [-0.3, -0.25) is 10.1 Å². The number of aryl methyl sites for hydroxylation is 1. The van der Waals surface area contributed by atoms with Crippen molar-refractivity contribution in [2.75, 3.05) is 11.9 Å². The van der Waals surface area contributed by atoms with Crippen LogP contribution in [0.2, 0.25) is 0 Å². The molecule has 3 amide bonds. The van der Waals surface area contributed by atoms with E-state index in [9.17, 15) is 9.59 Å². The van der Waals surface area contributed by atoms with Gasteiger partial charge >= 0.3 is 6.03 Å². The molecular weight excluding hydrogens is 256 g/mol. The van der Waals surface area contributed by atoms with E-state index in [1.165, 1.54) is 0 Å². The van der Waals surface area contributed by atoms with E-state index in [2.05, 4.69) is 15.6 Å². The molecule has 1 atom stereocenters. The molecule has 0 aliphatic carbocycles. The van der Waals surface area contributed by atoms with E-state index in [0.717, 1.165) is 5.56 Å². The van der Waals surface area contributed by atoms with E-state index < -0.39 is 0 Å². The van der Waals surface area contributed by atoms with Crippen LogP contribution in [0, 0.1) is 6.92 Å². The Morgan fingerprint density at radius 3 is 2.85 bits per heavy atom. The Bertz CT molecular complexity index is 516. The Balaban J connectivity index is 1.88. The lowest BCUT2D eigenvalue weighted by Crippen LogP contribution is -2.41. The maximum absolute atomic E-state index is 11.9. The Labute approximate surface area is 118 Å². The molecule has 1 fully saturated rings. The molecule has 0 spiro atoms. The number of pyridine rings is 1. The van der Waals surface area contributed by atoms with Gasteiger partial charge in [0.25, 0.3) is 0 Å². The molecule has 0 saturated carbocycles. The Morgan fingerprint density at radius 1 is 1.50 bits per heavy atom. The number of amides is 3. The lowest BCUT2D eigenvalue weighted by Gasteiger charge is -2.21. The molecular formula is C14H20N4O2. The average molecular weight is 276 g/mol. The summed E-state index contributed by atoms with van der Waals surface area (Å²) in [6, 6.07) is 3.34. The maximum Gasteiger partial charge on any atom is 0.320 e. The van der Waals surface area contributed by atoms with Gasteiger partial charge in [0.05, 0.1) is 6.04 Å². The van der Waals surface area contributed by atoms with Crippen molar-refractivity contribution in [1.29, 1.82) is 0 Å². The van der Waals surface area contributed by atoms with Gasteiger partial charge in [0.1, 0.15) is 5.82 Å². The largest absolute Gasteiger partial charge is 0.338 e. The topological polar surface area (TPSA) is 74.3 Å². The number of carbonyl (C=O) groups is 2. The Kier molecular flexibility index (Phi) is 4.22. The van der Waals surface area contributed by atoms with Gasteiger partial charge in [-0.1, -0.05) is 0 Å². The number of hydrogen-bond acceptors (Lipinski definition) is 3. The number of nitrogens with zero attached hydrogens (tertiary/aromatic N) is 2. The van der Waals surface area contributed by atoms with Crippen LogP contribution in [0.1, 0.15) is 25.8 Å². The van der Waals surface area contributed by atoms with Gasteiger partial charge in [0.15, 0.2) is 0 Å². The highest BCUT2D eigenvalue weighted by Crippen LogP contribution is 2.14. The van der Waals surface area contributed by atoms with Crippen molar-refractivity contribution in [3.63, 3.8) is 0 Å². The number of aromatic nitrogens is 1. The molecule has 0 bridgehead atoms. The van der Waals surface area contributed by atoms with Crippen molar-refractivity contribution in [2.24, 2.45) is 0 Å². The summed E-state index contributed by atoms with van der Waals surface area (Å²) in [7, 11) is 0. The minimum atomic E-state index is -0.327. The van der Waals surface area contributed by atoms with E-state index in [0.29, 0.717) is 18.8 Å². The molecule has 1 unspecified atom stereocenters. The first-order valence-electron chi connectivity index (χ1n) is 6.75. The highest BCUT2D eigenvalue weighted by Gasteiger charge is 2.31. The zero-order valence-corrected chi connectivity index (χ0v) is 12.0. The summed E-state index contributed by atoms with van der Waals surface area (Å²) in [6.45, 7) is 6.43. The van der Waals surface area contributed by atoms with Crippen molar-refractivity contribution >= 4 is 17.8 Å². The number of urea groups is 1. The van der Waals surface area contributed by atoms with Gasteiger partial charge in [-0.15, -0.1) is 0 Å². The van der Waals surface area contributed by atoms with E-state index in [4.69, 9.17) is 0 Å². The molecule has 20 heavy (non-hydrogen) atoms. The van der Waals surface area contributed by atoms with Crippen LogP contribution < -0.4 is 10.6 Å². The third-order valence-corrected chi connectivity index (χ3v) is 3.27. The summed E-state index contributed by atoms with van der Waals surface area (Å²) in [6.07, 6.45) is 2.00. The number of likely N-dealkylation sites (tertiary alicyclic amines) is 1. The molecule has 0 aromatic carbocycles. The first-order valence-corrected chi connectivity index (χ1v) is 6.75. The van der Waals surface area contributed by atoms with Crippen LogP contribution in [-0.2, 0) is 4.79 Å². The summed E-state index contributed by atoms with van der Waals surface area (Å²) in [5.74, 6) is 0.589. The highest BCUT2D eigenvalue weighted by molar-refractivity contribution is 5.89. The van der Waals surface area contributed by atoms with Crippen molar-refractivity contribution < 1.29 is 9.59 Å². The number of rotatable bonds is 3. The van der Waals surface area contributed by atoms with Crippen LogP contribution in [0.15, 0.2) is 18.3 Å². The predicted octanol–water partition coefficient (Wildman–Crippen LogP) is 1.52. The molecule has 1 aromatic rings. The van der Waals surface area contributed by atoms with Gasteiger partial charge in [0.2, 0.25) is 5.91 Å². The summed E-state index contributed by atoms with van der Waals surface area (Å²) < 4.78 is 0. The number of nitrogens with one attached hydrogen (secondary N) is 2. The van der Waals surface area contributed by atoms with E-state index in [-0.39, 0.29) is 24.0 Å². The predicted molar refractivity (Wildman–Crippen MR) is 76.4 cm³/mol. The second-order valence-corrected chi connectivity index (χ2v) is 5.36. The summed E-state index contributed by atoms with van der Waals surface area (Å²) in [4.78, 5) is 29.5. The van der Waals surface area contributed by atoms with Gasteiger partial charge in [-0.25, -0.2) is 9.78 Å². The SMILES string of the molecule is Cc1ccnc(NC(=O)NC2CC(=O)N(C(C)C)C2)c1. The molecule has 1 aliphatic rings. The molecule has 6 heteroatoms. The minimum Gasteiger partial charge on any atom is -0.338 e. The fourth-order valence-electron chi connectivity index (χ4n) is 2.27. The molecule has 108 valence electrons. The van der Waals surface area contributed by atoms with E-state index in [1.54, 1.807) is 17.2 Å². The summed E-state index contributed by atoms with van der Waals surface area (Å²) in [5, 5.41) is 5.49. The molecule has 2 N–H and O–H groups in total. The average Bonchev–Trinajstić information content (AvgIpc) is 2.70. The second kappa shape index (κ2) is 5.90.